The highest BCUT2D eigenvalue weighted by Crippen LogP contribution is 2.44. The van der Waals surface area contributed by atoms with Crippen molar-refractivity contribution in [2.45, 2.75) is 31.7 Å². The molecular formula is C27H26N2O6. The zero-order valence-corrected chi connectivity index (χ0v) is 19.2. The topological polar surface area (TPSA) is 125 Å². The van der Waals surface area contributed by atoms with Crippen LogP contribution in [0.5, 0.6) is 5.75 Å². The Kier molecular flexibility index (Phi) is 7.01. The summed E-state index contributed by atoms with van der Waals surface area (Å²) >= 11 is 0. The van der Waals surface area contributed by atoms with E-state index >= 15 is 0 Å². The number of carboxylic acid groups (broad SMARTS) is 1. The van der Waals surface area contributed by atoms with Crippen molar-refractivity contribution in [3.63, 3.8) is 0 Å². The van der Waals surface area contributed by atoms with E-state index in [1.54, 1.807) is 0 Å². The van der Waals surface area contributed by atoms with Gasteiger partial charge in [-0.2, -0.15) is 0 Å². The van der Waals surface area contributed by atoms with Crippen molar-refractivity contribution in [1.29, 1.82) is 0 Å². The molecule has 180 valence electrons. The molecule has 4 rings (SSSR count). The highest BCUT2D eigenvalue weighted by Gasteiger charge is 2.29. The maximum atomic E-state index is 12.5. The average molecular weight is 475 g/mol. The number of rotatable bonds is 8. The van der Waals surface area contributed by atoms with Gasteiger partial charge in [-0.05, 0) is 46.9 Å². The summed E-state index contributed by atoms with van der Waals surface area (Å²) in [6.45, 7) is 1.99. The fourth-order valence-corrected chi connectivity index (χ4v) is 4.35. The third-order valence-corrected chi connectivity index (χ3v) is 6.10. The fourth-order valence-electron chi connectivity index (χ4n) is 4.35. The maximum absolute atomic E-state index is 12.5. The van der Waals surface area contributed by atoms with Gasteiger partial charge in [0.2, 0.25) is 5.91 Å². The summed E-state index contributed by atoms with van der Waals surface area (Å²) in [6.07, 6.45) is -0.220. The number of carbonyl (C=O) groups excluding carboxylic acids is 2. The van der Waals surface area contributed by atoms with Gasteiger partial charge in [0.15, 0.2) is 0 Å². The van der Waals surface area contributed by atoms with E-state index in [9.17, 15) is 24.6 Å². The van der Waals surface area contributed by atoms with Gasteiger partial charge < -0.3 is 25.6 Å². The largest absolute Gasteiger partial charge is 0.508 e. The van der Waals surface area contributed by atoms with Gasteiger partial charge in [0.25, 0.3) is 0 Å². The number of carbonyl (C=O) groups is 3. The summed E-state index contributed by atoms with van der Waals surface area (Å²) in [5, 5.41) is 24.0. The average Bonchev–Trinajstić information content (AvgIpc) is 3.17. The number of fused-ring (bicyclic) bond motifs is 3. The number of phenols is 1. The van der Waals surface area contributed by atoms with Crippen LogP contribution in [0.3, 0.4) is 0 Å². The lowest BCUT2D eigenvalue weighted by atomic mass is 9.98. The van der Waals surface area contributed by atoms with Crippen LogP contribution >= 0.6 is 0 Å². The molecule has 1 aliphatic carbocycles. The van der Waals surface area contributed by atoms with Crippen LogP contribution in [0.4, 0.5) is 10.5 Å². The summed E-state index contributed by atoms with van der Waals surface area (Å²) in [5.74, 6) is -2.03. The molecule has 8 heteroatoms. The lowest BCUT2D eigenvalue weighted by molar-refractivity contribution is -0.116. The number of carboxylic acids is 1. The van der Waals surface area contributed by atoms with E-state index in [1.807, 2.05) is 43.3 Å². The summed E-state index contributed by atoms with van der Waals surface area (Å²) in [7, 11) is 0. The third-order valence-electron chi connectivity index (χ3n) is 6.10. The highest BCUT2D eigenvalue weighted by atomic mass is 16.5. The number of amides is 2. The van der Waals surface area contributed by atoms with Crippen LogP contribution in [0.25, 0.3) is 11.1 Å². The second kappa shape index (κ2) is 10.3. The molecule has 0 fully saturated rings. The zero-order valence-electron chi connectivity index (χ0n) is 19.2. The fraction of sp³-hybridized carbons (Fsp3) is 0.222. The minimum atomic E-state index is -1.28. The Bertz CT molecular complexity index is 1230. The van der Waals surface area contributed by atoms with Crippen LogP contribution in [-0.4, -0.2) is 40.8 Å². The maximum Gasteiger partial charge on any atom is 0.407 e. The first kappa shape index (κ1) is 23.8. The third kappa shape index (κ3) is 5.27. The van der Waals surface area contributed by atoms with Gasteiger partial charge in [-0.15, -0.1) is 0 Å². The highest BCUT2D eigenvalue weighted by molar-refractivity contribution is 6.01. The van der Waals surface area contributed by atoms with Crippen molar-refractivity contribution in [3.8, 4) is 16.9 Å². The molecule has 0 aromatic heterocycles. The molecule has 1 atom stereocenters. The Morgan fingerprint density at radius 1 is 0.971 bits per heavy atom. The molecular weight excluding hydrogens is 448 g/mol. The molecule has 3 aromatic carbocycles. The molecule has 0 saturated heterocycles. The number of ether oxygens (including phenoxy) is 1. The van der Waals surface area contributed by atoms with E-state index in [2.05, 4.69) is 22.8 Å². The number of anilines is 1. The molecule has 0 aliphatic heterocycles. The van der Waals surface area contributed by atoms with E-state index < -0.39 is 24.0 Å². The Labute approximate surface area is 202 Å². The SMILES string of the molecule is CC[C@H](CC(=O)Nc1ccc(O)cc1C(=O)O)NC(=O)OCC1c2ccccc2-c2ccccc21. The smallest absolute Gasteiger partial charge is 0.407 e. The Balaban J connectivity index is 1.35. The first-order valence-electron chi connectivity index (χ1n) is 11.3. The number of aromatic carboxylic acids is 1. The van der Waals surface area contributed by atoms with Gasteiger partial charge in [-0.3, -0.25) is 4.79 Å². The van der Waals surface area contributed by atoms with Crippen LogP contribution in [0, 0.1) is 0 Å². The van der Waals surface area contributed by atoms with Crippen molar-refractivity contribution >= 4 is 23.7 Å². The molecule has 0 spiro atoms. The van der Waals surface area contributed by atoms with E-state index in [4.69, 9.17) is 4.74 Å². The molecule has 0 bridgehead atoms. The van der Waals surface area contributed by atoms with Crippen molar-refractivity contribution in [2.24, 2.45) is 0 Å². The number of phenolic OH excluding ortho intramolecular Hbond substituents is 1. The van der Waals surface area contributed by atoms with Crippen LogP contribution in [0.1, 0.15) is 47.2 Å². The predicted octanol–water partition coefficient (Wildman–Crippen LogP) is 4.74. The number of benzene rings is 3. The lowest BCUT2D eigenvalue weighted by Gasteiger charge is -2.19. The van der Waals surface area contributed by atoms with E-state index in [0.29, 0.717) is 6.42 Å². The molecule has 35 heavy (non-hydrogen) atoms. The normalized spacial score (nSPS) is 12.8. The quantitative estimate of drug-likeness (QED) is 0.350. The van der Waals surface area contributed by atoms with Crippen molar-refractivity contribution < 1.29 is 29.3 Å². The van der Waals surface area contributed by atoms with Crippen LogP contribution < -0.4 is 10.6 Å². The minimum absolute atomic E-state index is 0.0660. The Morgan fingerprint density at radius 3 is 2.20 bits per heavy atom. The number of alkyl carbamates (subject to hydrolysis) is 1. The molecule has 1 aliphatic rings. The van der Waals surface area contributed by atoms with Gasteiger partial charge >= 0.3 is 12.1 Å². The van der Waals surface area contributed by atoms with Crippen molar-refractivity contribution in [2.75, 3.05) is 11.9 Å². The number of hydrogen-bond donors (Lipinski definition) is 4. The number of nitrogens with one attached hydrogen (secondary N) is 2. The molecule has 0 heterocycles. The molecule has 0 radical (unpaired) electrons. The van der Waals surface area contributed by atoms with E-state index in [1.165, 1.54) is 12.1 Å². The monoisotopic (exact) mass is 474 g/mol. The summed E-state index contributed by atoms with van der Waals surface area (Å²) in [4.78, 5) is 36.4. The number of hydrogen-bond acceptors (Lipinski definition) is 5. The summed E-state index contributed by atoms with van der Waals surface area (Å²) in [5.41, 5.74) is 4.32. The van der Waals surface area contributed by atoms with Gasteiger partial charge in [-0.1, -0.05) is 55.5 Å². The van der Waals surface area contributed by atoms with Gasteiger partial charge in [0.1, 0.15) is 12.4 Å². The molecule has 2 amide bonds. The van der Waals surface area contributed by atoms with Crippen molar-refractivity contribution in [3.05, 3.63) is 83.4 Å². The molecule has 0 unspecified atom stereocenters. The second-order valence-corrected chi connectivity index (χ2v) is 8.36. The van der Waals surface area contributed by atoms with Gasteiger partial charge in [0.05, 0.1) is 11.3 Å². The standard InChI is InChI=1S/C27H26N2O6/c1-2-16(13-25(31)29-24-12-11-17(30)14-22(24)26(32)33)28-27(34)35-15-23-20-9-5-3-7-18(20)19-8-4-6-10-21(19)23/h3-12,14,16,23,30H,2,13,15H2,1H3,(H,28,34)(H,29,31)(H,32,33)/t16-/m1/s1. The summed E-state index contributed by atoms with van der Waals surface area (Å²) in [6, 6.07) is 19.3. The molecule has 8 nitrogen and oxygen atoms in total. The van der Waals surface area contributed by atoms with Crippen molar-refractivity contribution in [1.82, 2.24) is 5.32 Å². The molecule has 3 aromatic rings. The van der Waals surface area contributed by atoms with Gasteiger partial charge in [-0.25, -0.2) is 9.59 Å². The van der Waals surface area contributed by atoms with Crippen LogP contribution in [-0.2, 0) is 9.53 Å². The Morgan fingerprint density at radius 2 is 1.60 bits per heavy atom. The number of aromatic hydroxyl groups is 1. The minimum Gasteiger partial charge on any atom is -0.508 e. The van der Waals surface area contributed by atoms with E-state index in [-0.39, 0.29) is 35.9 Å². The molecule has 4 N–H and O–H groups in total. The first-order valence-corrected chi connectivity index (χ1v) is 11.3. The zero-order chi connectivity index (χ0) is 24.9. The summed E-state index contributed by atoms with van der Waals surface area (Å²) < 4.78 is 5.55. The van der Waals surface area contributed by atoms with Crippen LogP contribution in [0.2, 0.25) is 0 Å². The predicted molar refractivity (Wildman–Crippen MR) is 131 cm³/mol. The van der Waals surface area contributed by atoms with Gasteiger partial charge in [0, 0.05) is 18.4 Å². The lowest BCUT2D eigenvalue weighted by Crippen LogP contribution is -2.38. The van der Waals surface area contributed by atoms with E-state index in [0.717, 1.165) is 28.3 Å². The second-order valence-electron chi connectivity index (χ2n) is 8.36. The Hall–Kier alpha value is -4.33. The van der Waals surface area contributed by atoms with Crippen LogP contribution in [0.15, 0.2) is 66.7 Å². The first-order chi connectivity index (χ1) is 16.9. The molecule has 0 saturated carbocycles.